The van der Waals surface area contributed by atoms with Crippen molar-refractivity contribution in [2.45, 2.75) is 12.5 Å². The van der Waals surface area contributed by atoms with Crippen LogP contribution < -0.4 is 5.73 Å². The molecule has 0 spiro atoms. The minimum Gasteiger partial charge on any atom is -0.381 e. The number of nitrogens with one attached hydrogen (secondary N) is 1. The summed E-state index contributed by atoms with van der Waals surface area (Å²) in [4.78, 5) is 16.7. The van der Waals surface area contributed by atoms with E-state index >= 15 is 0 Å². The fourth-order valence-electron chi connectivity index (χ4n) is 1.58. The van der Waals surface area contributed by atoms with Gasteiger partial charge in [0.15, 0.2) is 12.1 Å². The van der Waals surface area contributed by atoms with E-state index in [9.17, 15) is 13.6 Å². The predicted octanol–water partition coefficient (Wildman–Crippen LogP) is -0.642. The molecule has 3 N–H and O–H groups in total. The molecule has 1 saturated heterocycles. The number of amidine groups is 1. The summed E-state index contributed by atoms with van der Waals surface area (Å²) < 4.78 is 25.4. The second-order valence-electron chi connectivity index (χ2n) is 3.81. The smallest absolute Gasteiger partial charge is 0.255 e. The minimum absolute atomic E-state index is 0.00262. The molecule has 1 aliphatic rings. The first-order valence-electron chi connectivity index (χ1n) is 5.07. The van der Waals surface area contributed by atoms with Gasteiger partial charge >= 0.3 is 0 Å². The molecule has 0 amide bonds. The van der Waals surface area contributed by atoms with Crippen molar-refractivity contribution in [1.82, 2.24) is 9.80 Å². The van der Waals surface area contributed by atoms with Crippen molar-refractivity contribution in [2.24, 2.45) is 10.7 Å². The number of hydrogen-bond donors (Lipinski definition) is 2. The lowest BCUT2D eigenvalue weighted by Crippen LogP contribution is -2.55. The number of piperazine rings is 1. The minimum atomic E-state index is -2.48. The van der Waals surface area contributed by atoms with Crippen molar-refractivity contribution >= 4 is 18.1 Å². The zero-order valence-corrected chi connectivity index (χ0v) is 9.44. The van der Waals surface area contributed by atoms with Crippen LogP contribution in [-0.2, 0) is 4.79 Å². The van der Waals surface area contributed by atoms with Gasteiger partial charge in [0.05, 0.1) is 6.04 Å². The molecule has 0 aliphatic carbocycles. The lowest BCUT2D eigenvalue weighted by atomic mass is 10.2. The lowest BCUT2D eigenvalue weighted by Gasteiger charge is -2.38. The van der Waals surface area contributed by atoms with Gasteiger partial charge in [0, 0.05) is 19.6 Å². The van der Waals surface area contributed by atoms with Crippen molar-refractivity contribution in [1.29, 1.82) is 5.41 Å². The van der Waals surface area contributed by atoms with E-state index in [0.29, 0.717) is 19.4 Å². The number of nitrogens with zero attached hydrogens (tertiary/aromatic N) is 3. The maximum Gasteiger partial charge on any atom is 0.255 e. The van der Waals surface area contributed by atoms with Crippen molar-refractivity contribution in [3.8, 4) is 0 Å². The highest BCUT2D eigenvalue weighted by Crippen LogP contribution is 2.14. The van der Waals surface area contributed by atoms with Crippen LogP contribution in [0.4, 0.5) is 8.78 Å². The summed E-state index contributed by atoms with van der Waals surface area (Å²) in [7, 11) is 1.61. The van der Waals surface area contributed by atoms with Crippen LogP contribution >= 0.6 is 0 Å². The summed E-state index contributed by atoms with van der Waals surface area (Å²) in [6, 6.07) is -0.934. The number of carbonyl (C=O) groups excluding carboxylic acids is 1. The Labute approximate surface area is 97.6 Å². The third kappa shape index (κ3) is 3.45. The number of guanidine groups is 1. The highest BCUT2D eigenvalue weighted by Gasteiger charge is 2.32. The summed E-state index contributed by atoms with van der Waals surface area (Å²) in [5.74, 6) is -0.587. The second kappa shape index (κ2) is 5.67. The van der Waals surface area contributed by atoms with Crippen LogP contribution in [-0.4, -0.2) is 67.0 Å². The first-order valence-corrected chi connectivity index (χ1v) is 5.07. The Morgan fingerprint density at radius 1 is 1.59 bits per heavy atom. The molecule has 1 rings (SSSR count). The molecule has 1 aliphatic heterocycles. The van der Waals surface area contributed by atoms with Crippen LogP contribution in [0, 0.1) is 5.41 Å². The highest BCUT2D eigenvalue weighted by molar-refractivity contribution is 6.28. The van der Waals surface area contributed by atoms with Gasteiger partial charge in [-0.1, -0.05) is 0 Å². The topological polar surface area (TPSA) is 85.8 Å². The van der Waals surface area contributed by atoms with E-state index in [1.165, 1.54) is 4.90 Å². The number of alkyl halides is 2. The summed E-state index contributed by atoms with van der Waals surface area (Å²) in [6.45, 7) is 0.824. The van der Waals surface area contributed by atoms with Crippen LogP contribution in [0.5, 0.6) is 0 Å². The molecule has 6 nitrogen and oxygen atoms in total. The van der Waals surface area contributed by atoms with Crippen molar-refractivity contribution in [2.75, 3.05) is 26.7 Å². The Bertz CT molecular complexity index is 333. The quantitative estimate of drug-likeness (QED) is 0.386. The number of aldehydes is 1. The summed E-state index contributed by atoms with van der Waals surface area (Å²) >= 11 is 0. The van der Waals surface area contributed by atoms with Crippen LogP contribution in [0.3, 0.4) is 0 Å². The molecule has 0 aromatic heterocycles. The third-order valence-electron chi connectivity index (χ3n) is 2.64. The maximum absolute atomic E-state index is 12.7. The first kappa shape index (κ1) is 13.5. The molecule has 1 fully saturated rings. The molecule has 1 atom stereocenters. The number of likely N-dealkylation sites (N-methyl/N-ethyl adjacent to an activating group) is 1. The maximum atomic E-state index is 12.7. The van der Waals surface area contributed by atoms with E-state index in [1.807, 2.05) is 0 Å². The zero-order chi connectivity index (χ0) is 13.0. The Hall–Kier alpha value is -1.57. The third-order valence-corrected chi connectivity index (χ3v) is 2.64. The first-order chi connectivity index (χ1) is 7.95. The van der Waals surface area contributed by atoms with Gasteiger partial charge in [-0.05, 0) is 7.05 Å². The fourth-order valence-corrected chi connectivity index (χ4v) is 1.58. The van der Waals surface area contributed by atoms with Crippen LogP contribution in [0.2, 0.25) is 0 Å². The molecule has 0 aromatic carbocycles. The summed E-state index contributed by atoms with van der Waals surface area (Å²) in [5.41, 5.74) is 5.16. The Kier molecular flexibility index (Phi) is 4.50. The largest absolute Gasteiger partial charge is 0.381 e. The van der Waals surface area contributed by atoms with E-state index in [2.05, 4.69) is 4.99 Å². The Morgan fingerprint density at radius 2 is 2.24 bits per heavy atom. The normalized spacial score (nSPS) is 22.9. The van der Waals surface area contributed by atoms with Gasteiger partial charge in [-0.2, -0.15) is 4.99 Å². The van der Waals surface area contributed by atoms with Gasteiger partial charge in [0.1, 0.15) is 0 Å². The van der Waals surface area contributed by atoms with Crippen molar-refractivity contribution in [3.05, 3.63) is 0 Å². The van der Waals surface area contributed by atoms with Gasteiger partial charge in [0.25, 0.3) is 6.43 Å². The molecule has 17 heavy (non-hydrogen) atoms. The summed E-state index contributed by atoms with van der Waals surface area (Å²) in [6.07, 6.45) is -2.17. The van der Waals surface area contributed by atoms with Crippen LogP contribution in [0.1, 0.15) is 0 Å². The van der Waals surface area contributed by atoms with Crippen molar-refractivity contribution in [3.63, 3.8) is 0 Å². The van der Waals surface area contributed by atoms with Crippen LogP contribution in [0.15, 0.2) is 4.99 Å². The van der Waals surface area contributed by atoms with Gasteiger partial charge in [-0.25, -0.2) is 8.78 Å². The highest BCUT2D eigenvalue weighted by atomic mass is 19.3. The molecule has 1 heterocycles. The van der Waals surface area contributed by atoms with E-state index in [-0.39, 0.29) is 18.3 Å². The van der Waals surface area contributed by atoms with Crippen molar-refractivity contribution < 1.29 is 13.6 Å². The van der Waals surface area contributed by atoms with Gasteiger partial charge < -0.3 is 10.6 Å². The monoisotopic (exact) mass is 247 g/mol. The molecule has 96 valence electrons. The molecular weight excluding hydrogens is 232 g/mol. The van der Waals surface area contributed by atoms with E-state index in [1.54, 1.807) is 11.9 Å². The molecule has 0 saturated carbocycles. The second-order valence-corrected chi connectivity index (χ2v) is 3.81. The lowest BCUT2D eigenvalue weighted by molar-refractivity contribution is -0.102. The van der Waals surface area contributed by atoms with Gasteiger partial charge in [0.2, 0.25) is 5.96 Å². The summed E-state index contributed by atoms with van der Waals surface area (Å²) in [5, 5.41) is 7.55. The number of rotatable bonds is 2. The number of halogens is 2. The average Bonchev–Trinajstić information content (AvgIpc) is 2.28. The fraction of sp³-hybridized carbons (Fsp3) is 0.667. The Balaban J connectivity index is 2.68. The van der Waals surface area contributed by atoms with E-state index in [0.717, 1.165) is 0 Å². The number of aliphatic imine (C=N–C) groups is 1. The van der Waals surface area contributed by atoms with E-state index in [4.69, 9.17) is 11.1 Å². The predicted molar refractivity (Wildman–Crippen MR) is 59.4 cm³/mol. The standard InChI is InChI=1S/C9H15F2N5O/c1-15-2-3-16(4-6(15)8(10)11)9(13)14-7(12)5-17/h5-6,8H,2-4H2,1H3,(H3,12,13,14). The SMILES string of the molecule is CN1CCN(C(=N)/N=C(\N)C=O)CC1C(F)F. The molecule has 0 radical (unpaired) electrons. The molecule has 1 unspecified atom stereocenters. The molecular formula is C9H15F2N5O. The van der Waals surface area contributed by atoms with Gasteiger partial charge in [-0.15, -0.1) is 0 Å². The number of hydrogen-bond acceptors (Lipinski definition) is 3. The molecule has 0 bridgehead atoms. The van der Waals surface area contributed by atoms with Gasteiger partial charge in [-0.3, -0.25) is 15.1 Å². The molecule has 0 aromatic rings. The Morgan fingerprint density at radius 3 is 2.76 bits per heavy atom. The van der Waals surface area contributed by atoms with Crippen LogP contribution in [0.25, 0.3) is 0 Å². The van der Waals surface area contributed by atoms with E-state index < -0.39 is 12.5 Å². The zero-order valence-electron chi connectivity index (χ0n) is 9.44. The number of nitrogens with two attached hydrogens (primary N) is 1. The average molecular weight is 247 g/mol. The molecule has 8 heteroatoms. The number of carbonyl (C=O) groups is 1.